The van der Waals surface area contributed by atoms with Crippen LogP contribution in [0.5, 0.6) is 0 Å². The van der Waals surface area contributed by atoms with Crippen LogP contribution in [0.4, 0.5) is 14.9 Å². The summed E-state index contributed by atoms with van der Waals surface area (Å²) in [6.45, 7) is 1.62. The van der Waals surface area contributed by atoms with E-state index in [2.05, 4.69) is 5.32 Å². The minimum atomic E-state index is -1.14. The van der Waals surface area contributed by atoms with Crippen LogP contribution < -0.4 is 10.2 Å². The van der Waals surface area contributed by atoms with E-state index in [9.17, 15) is 18.8 Å². The van der Waals surface area contributed by atoms with Crippen LogP contribution >= 0.6 is 0 Å². The number of urea groups is 1. The molecule has 110 valence electrons. The number of halogens is 1. The third-order valence-electron chi connectivity index (χ3n) is 4.33. The number of hydrogen-bond acceptors (Lipinski definition) is 3. The van der Waals surface area contributed by atoms with Crippen LogP contribution in [0, 0.1) is 18.2 Å². The van der Waals surface area contributed by atoms with Crippen molar-refractivity contribution in [3.63, 3.8) is 0 Å². The van der Waals surface area contributed by atoms with E-state index in [1.807, 2.05) is 0 Å². The largest absolute Gasteiger partial charge is 0.335 e. The molecule has 3 rings (SSSR count). The normalized spacial score (nSPS) is 21.0. The van der Waals surface area contributed by atoms with Crippen molar-refractivity contribution >= 4 is 23.5 Å². The SMILES string of the molecule is Cc1cc(F)ccc1N1C(=O)NC(=O)C2(CCCC2)C1=O. The van der Waals surface area contributed by atoms with Crippen molar-refractivity contribution in [1.82, 2.24) is 5.32 Å². The summed E-state index contributed by atoms with van der Waals surface area (Å²) in [5, 5.41) is 2.27. The molecule has 5 nitrogen and oxygen atoms in total. The van der Waals surface area contributed by atoms with Crippen LogP contribution in [-0.2, 0) is 9.59 Å². The Morgan fingerprint density at radius 3 is 2.48 bits per heavy atom. The predicted octanol–water partition coefficient (Wildman–Crippen LogP) is 2.28. The lowest BCUT2D eigenvalue weighted by atomic mass is 9.82. The second-order valence-corrected chi connectivity index (χ2v) is 5.62. The van der Waals surface area contributed by atoms with Crippen molar-refractivity contribution in [2.24, 2.45) is 5.41 Å². The summed E-state index contributed by atoms with van der Waals surface area (Å²) in [7, 11) is 0. The van der Waals surface area contributed by atoms with Crippen molar-refractivity contribution in [1.29, 1.82) is 0 Å². The first-order valence-corrected chi connectivity index (χ1v) is 6.92. The number of carbonyl (C=O) groups excluding carboxylic acids is 3. The Labute approximate surface area is 121 Å². The molecule has 2 aliphatic rings. The predicted molar refractivity (Wildman–Crippen MR) is 73.1 cm³/mol. The lowest BCUT2D eigenvalue weighted by molar-refractivity contribution is -0.142. The Morgan fingerprint density at radius 1 is 1.19 bits per heavy atom. The lowest BCUT2D eigenvalue weighted by Crippen LogP contribution is -2.63. The van der Waals surface area contributed by atoms with Crippen LogP contribution in [0.1, 0.15) is 31.2 Å². The van der Waals surface area contributed by atoms with Crippen LogP contribution in [0.25, 0.3) is 0 Å². The highest BCUT2D eigenvalue weighted by Gasteiger charge is 2.55. The molecule has 0 bridgehead atoms. The number of barbiturate groups is 1. The minimum Gasteiger partial charge on any atom is -0.276 e. The fourth-order valence-electron chi connectivity index (χ4n) is 3.18. The summed E-state index contributed by atoms with van der Waals surface area (Å²) in [6.07, 6.45) is 2.45. The van der Waals surface area contributed by atoms with Gasteiger partial charge in [-0.1, -0.05) is 12.8 Å². The molecule has 4 amide bonds. The van der Waals surface area contributed by atoms with Gasteiger partial charge in [-0.2, -0.15) is 0 Å². The van der Waals surface area contributed by atoms with Crippen LogP contribution in [0.15, 0.2) is 18.2 Å². The van der Waals surface area contributed by atoms with Crippen molar-refractivity contribution in [3.8, 4) is 0 Å². The molecule has 21 heavy (non-hydrogen) atoms. The van der Waals surface area contributed by atoms with Gasteiger partial charge < -0.3 is 0 Å². The Bertz CT molecular complexity index is 650. The minimum absolute atomic E-state index is 0.317. The Hall–Kier alpha value is -2.24. The first kappa shape index (κ1) is 13.7. The zero-order valence-corrected chi connectivity index (χ0v) is 11.6. The van der Waals surface area contributed by atoms with Gasteiger partial charge in [0, 0.05) is 0 Å². The van der Waals surface area contributed by atoms with Gasteiger partial charge in [-0.3, -0.25) is 14.9 Å². The molecule has 1 aromatic rings. The van der Waals surface area contributed by atoms with Crippen molar-refractivity contribution in [2.45, 2.75) is 32.6 Å². The standard InChI is InChI=1S/C15H15FN2O3/c1-9-8-10(16)4-5-11(9)18-13(20)15(6-2-3-7-15)12(19)17-14(18)21/h4-5,8H,2-3,6-7H2,1H3,(H,17,19,21). The average Bonchev–Trinajstić information content (AvgIpc) is 2.90. The van der Waals surface area contributed by atoms with Crippen molar-refractivity contribution < 1.29 is 18.8 Å². The number of rotatable bonds is 1. The van der Waals surface area contributed by atoms with Crippen LogP contribution in [-0.4, -0.2) is 17.8 Å². The molecule has 6 heteroatoms. The van der Waals surface area contributed by atoms with Crippen LogP contribution in [0.3, 0.4) is 0 Å². The molecule has 2 fully saturated rings. The van der Waals surface area contributed by atoms with Crippen molar-refractivity contribution in [2.75, 3.05) is 4.90 Å². The second kappa shape index (κ2) is 4.65. The van der Waals surface area contributed by atoms with Gasteiger partial charge in [-0.15, -0.1) is 0 Å². The number of aryl methyl sites for hydroxylation is 1. The third-order valence-corrected chi connectivity index (χ3v) is 4.33. The fourth-order valence-corrected chi connectivity index (χ4v) is 3.18. The van der Waals surface area contributed by atoms with Gasteiger partial charge in [0.15, 0.2) is 0 Å². The zero-order valence-electron chi connectivity index (χ0n) is 11.6. The first-order chi connectivity index (χ1) is 9.95. The molecular formula is C15H15FN2O3. The van der Waals surface area contributed by atoms with Gasteiger partial charge in [0.2, 0.25) is 5.91 Å². The molecule has 0 unspecified atom stereocenters. The summed E-state index contributed by atoms with van der Waals surface area (Å²) in [6, 6.07) is 3.08. The molecule has 0 aromatic heterocycles. The number of anilines is 1. The van der Waals surface area contributed by atoms with E-state index >= 15 is 0 Å². The topological polar surface area (TPSA) is 66.5 Å². The molecular weight excluding hydrogens is 275 g/mol. The quantitative estimate of drug-likeness (QED) is 0.807. The summed E-state index contributed by atoms with van der Waals surface area (Å²) in [5.41, 5.74) is -0.354. The number of carbonyl (C=O) groups is 3. The Balaban J connectivity index is 2.07. The highest BCUT2D eigenvalue weighted by atomic mass is 19.1. The summed E-state index contributed by atoms with van der Waals surface area (Å²) >= 11 is 0. The van der Waals surface area contributed by atoms with E-state index in [4.69, 9.17) is 0 Å². The number of amides is 4. The monoisotopic (exact) mass is 290 g/mol. The van der Waals surface area contributed by atoms with Gasteiger partial charge in [0.05, 0.1) is 5.69 Å². The molecule has 1 N–H and O–H groups in total. The van der Waals surface area contributed by atoms with Crippen molar-refractivity contribution in [3.05, 3.63) is 29.6 Å². The molecule has 1 saturated carbocycles. The summed E-state index contributed by atoms with van der Waals surface area (Å²) < 4.78 is 13.2. The van der Waals surface area contributed by atoms with Gasteiger partial charge >= 0.3 is 6.03 Å². The lowest BCUT2D eigenvalue weighted by Gasteiger charge is -2.37. The van der Waals surface area contributed by atoms with E-state index in [0.29, 0.717) is 24.1 Å². The highest BCUT2D eigenvalue weighted by molar-refractivity contribution is 6.30. The molecule has 1 heterocycles. The molecule has 1 saturated heterocycles. The smallest absolute Gasteiger partial charge is 0.276 e. The van der Waals surface area contributed by atoms with Gasteiger partial charge in [-0.05, 0) is 43.5 Å². The molecule has 1 aliphatic carbocycles. The number of benzene rings is 1. The molecule has 1 spiro atoms. The maximum absolute atomic E-state index is 13.2. The van der Waals surface area contributed by atoms with E-state index in [-0.39, 0.29) is 0 Å². The molecule has 0 atom stereocenters. The number of nitrogens with zero attached hydrogens (tertiary/aromatic N) is 1. The second-order valence-electron chi connectivity index (χ2n) is 5.62. The van der Waals surface area contributed by atoms with E-state index in [0.717, 1.165) is 17.7 Å². The number of hydrogen-bond donors (Lipinski definition) is 1. The van der Waals surface area contributed by atoms with Gasteiger partial charge in [-0.25, -0.2) is 14.1 Å². The maximum Gasteiger partial charge on any atom is 0.335 e. The number of nitrogens with one attached hydrogen (secondary N) is 1. The van der Waals surface area contributed by atoms with E-state index in [1.54, 1.807) is 6.92 Å². The van der Waals surface area contributed by atoms with Gasteiger partial charge in [0.1, 0.15) is 11.2 Å². The summed E-state index contributed by atoms with van der Waals surface area (Å²) in [5.74, 6) is -1.44. The van der Waals surface area contributed by atoms with Gasteiger partial charge in [0.25, 0.3) is 5.91 Å². The fraction of sp³-hybridized carbons (Fsp3) is 0.400. The maximum atomic E-state index is 13.2. The molecule has 1 aromatic carbocycles. The van der Waals surface area contributed by atoms with E-state index < -0.39 is 29.1 Å². The average molecular weight is 290 g/mol. The zero-order chi connectivity index (χ0) is 15.2. The molecule has 0 radical (unpaired) electrons. The van der Waals surface area contributed by atoms with E-state index in [1.165, 1.54) is 18.2 Å². The number of imide groups is 2. The highest BCUT2D eigenvalue weighted by Crippen LogP contribution is 2.43. The Kier molecular flexibility index (Phi) is 3.04. The molecule has 1 aliphatic heterocycles. The summed E-state index contributed by atoms with van der Waals surface area (Å²) in [4.78, 5) is 37.9. The third kappa shape index (κ3) is 1.93. The first-order valence-electron chi connectivity index (χ1n) is 6.92. The Morgan fingerprint density at radius 2 is 1.86 bits per heavy atom. The van der Waals surface area contributed by atoms with Crippen LogP contribution in [0.2, 0.25) is 0 Å².